The van der Waals surface area contributed by atoms with Crippen LogP contribution in [0.3, 0.4) is 0 Å². The van der Waals surface area contributed by atoms with Crippen molar-refractivity contribution in [3.8, 4) is 40.1 Å². The summed E-state index contributed by atoms with van der Waals surface area (Å²) in [6.45, 7) is 17.1. The SMILES string of the molecule is [C-]#[N+]c1cc(C#N)ccc1-c1c2cc3c4ccccc4c4cccc(c2c(-c2ccc(C#N)cc2[N+]#[C-])c2c5ccc(-n6c7ccccc7c7ccccc76)c6cccc(c12)c65)c43. The lowest BCUT2D eigenvalue weighted by Crippen LogP contribution is -1.95. The van der Waals surface area contributed by atoms with Crippen LogP contribution in [0.4, 0.5) is 11.4 Å². The maximum atomic E-state index is 10.0. The van der Waals surface area contributed by atoms with Gasteiger partial charge in [0.25, 0.3) is 0 Å². The predicted octanol–water partition coefficient (Wildman–Crippen LogP) is 15.9. The summed E-state index contributed by atoms with van der Waals surface area (Å²) in [5.74, 6) is 0. The fourth-order valence-electron chi connectivity index (χ4n) is 10.9. The summed E-state index contributed by atoms with van der Waals surface area (Å²) < 4.78 is 2.37. The lowest BCUT2D eigenvalue weighted by Gasteiger charge is -2.20. The van der Waals surface area contributed by atoms with E-state index in [0.29, 0.717) is 22.5 Å². The number of hydrogen-bond donors (Lipinski definition) is 0. The molecule has 0 fully saturated rings. The van der Waals surface area contributed by atoms with E-state index in [4.69, 9.17) is 13.1 Å². The Labute approximate surface area is 360 Å². The van der Waals surface area contributed by atoms with Gasteiger partial charge in [-0.3, -0.25) is 0 Å². The van der Waals surface area contributed by atoms with Crippen LogP contribution in [0.15, 0.2) is 164 Å². The first-order chi connectivity index (χ1) is 31.1. The lowest BCUT2D eigenvalue weighted by molar-refractivity contribution is 1.20. The van der Waals surface area contributed by atoms with Crippen LogP contribution < -0.4 is 0 Å². The van der Waals surface area contributed by atoms with E-state index < -0.39 is 0 Å². The van der Waals surface area contributed by atoms with Gasteiger partial charge in [-0.25, -0.2) is 9.69 Å². The third kappa shape index (κ3) is 4.45. The molecule has 0 aliphatic rings. The van der Waals surface area contributed by atoms with Gasteiger partial charge in [0.05, 0.1) is 42.0 Å². The number of nitriles is 2. The van der Waals surface area contributed by atoms with Crippen LogP contribution in [-0.4, -0.2) is 4.57 Å². The van der Waals surface area contributed by atoms with E-state index in [1.54, 1.807) is 12.1 Å². The van der Waals surface area contributed by atoms with Gasteiger partial charge in [-0.05, 0) is 141 Å². The first kappa shape index (κ1) is 34.6. The number of hydrogen-bond acceptors (Lipinski definition) is 2. The van der Waals surface area contributed by atoms with E-state index in [1.165, 1.54) is 10.8 Å². The minimum absolute atomic E-state index is 0.394. The minimum atomic E-state index is 0.394. The molecular weight excluding hydrogens is 767 g/mol. The summed E-state index contributed by atoms with van der Waals surface area (Å²) in [5.41, 5.74) is 8.22. The highest BCUT2D eigenvalue weighted by atomic mass is 15.0. The van der Waals surface area contributed by atoms with Crippen LogP contribution in [0.25, 0.3) is 135 Å². The highest BCUT2D eigenvalue weighted by molar-refractivity contribution is 6.45. The summed E-state index contributed by atoms with van der Waals surface area (Å²) in [6.07, 6.45) is 0. The number of fused-ring (bicyclic) bond motifs is 11. The molecule has 5 heteroatoms. The molecule has 0 saturated carbocycles. The van der Waals surface area contributed by atoms with Crippen molar-refractivity contribution in [2.75, 3.05) is 0 Å². The van der Waals surface area contributed by atoms with Gasteiger partial charge in [0, 0.05) is 27.3 Å². The second kappa shape index (κ2) is 12.6. The van der Waals surface area contributed by atoms with E-state index in [2.05, 4.69) is 154 Å². The van der Waals surface area contributed by atoms with Crippen LogP contribution in [0, 0.1) is 35.8 Å². The maximum Gasteiger partial charge on any atom is 0.196 e. The molecule has 284 valence electrons. The monoisotopic (exact) mass is 793 g/mol. The van der Waals surface area contributed by atoms with Gasteiger partial charge in [0.1, 0.15) is 0 Å². The van der Waals surface area contributed by atoms with E-state index in [9.17, 15) is 10.5 Å². The van der Waals surface area contributed by atoms with Crippen molar-refractivity contribution in [1.29, 1.82) is 10.5 Å². The van der Waals surface area contributed by atoms with Crippen LogP contribution in [0.2, 0.25) is 0 Å². The van der Waals surface area contributed by atoms with Crippen molar-refractivity contribution >= 4 is 109 Å². The predicted molar refractivity (Wildman–Crippen MR) is 259 cm³/mol. The fourth-order valence-corrected chi connectivity index (χ4v) is 10.9. The summed E-state index contributed by atoms with van der Waals surface area (Å²) in [6, 6.07) is 60.8. The zero-order valence-corrected chi connectivity index (χ0v) is 33.3. The molecule has 0 bridgehead atoms. The Balaban J connectivity index is 1.33. The number of nitrogens with zero attached hydrogens (tertiary/aromatic N) is 5. The highest BCUT2D eigenvalue weighted by Gasteiger charge is 2.29. The molecule has 1 aromatic heterocycles. The first-order valence-electron chi connectivity index (χ1n) is 20.7. The molecule has 0 amide bonds. The van der Waals surface area contributed by atoms with Crippen LogP contribution in [0.1, 0.15) is 11.1 Å². The van der Waals surface area contributed by atoms with Crippen molar-refractivity contribution in [2.45, 2.75) is 0 Å². The molecule has 0 spiro atoms. The average Bonchev–Trinajstić information content (AvgIpc) is 3.98. The third-order valence-corrected chi connectivity index (χ3v) is 13.3. The Kier molecular flexibility index (Phi) is 6.93. The van der Waals surface area contributed by atoms with Gasteiger partial charge >= 0.3 is 0 Å². The molecule has 13 rings (SSSR count). The summed E-state index contributed by atoms with van der Waals surface area (Å²) in [5, 5.41) is 37.3. The topological polar surface area (TPSA) is 61.2 Å². The minimum Gasteiger partial charge on any atom is -0.309 e. The molecule has 13 aromatic rings. The van der Waals surface area contributed by atoms with Gasteiger partial charge in [0.15, 0.2) is 11.4 Å². The number of benzene rings is 10. The molecule has 0 atom stereocenters. The van der Waals surface area contributed by atoms with E-state index in [-0.39, 0.29) is 0 Å². The quantitative estimate of drug-likeness (QED) is 0.132. The molecule has 0 saturated heterocycles. The fraction of sp³-hybridized carbons (Fsp3) is 0. The molecule has 0 N–H and O–H groups in total. The number of rotatable bonds is 3. The van der Waals surface area contributed by atoms with E-state index in [1.807, 2.05) is 24.3 Å². The zero-order valence-electron chi connectivity index (χ0n) is 33.3. The smallest absolute Gasteiger partial charge is 0.196 e. The molecule has 0 aliphatic carbocycles. The maximum absolute atomic E-state index is 10.0. The van der Waals surface area contributed by atoms with E-state index >= 15 is 0 Å². The highest BCUT2D eigenvalue weighted by Crippen LogP contribution is 2.57. The Morgan fingerprint density at radius 1 is 0.365 bits per heavy atom. The van der Waals surface area contributed by atoms with Crippen LogP contribution >= 0.6 is 0 Å². The van der Waals surface area contributed by atoms with Crippen molar-refractivity contribution < 1.29 is 0 Å². The van der Waals surface area contributed by atoms with Gasteiger partial charge in [-0.15, -0.1) is 0 Å². The number of para-hydroxylation sites is 2. The Morgan fingerprint density at radius 3 is 1.46 bits per heavy atom. The second-order valence-electron chi connectivity index (χ2n) is 16.3. The molecule has 0 unspecified atom stereocenters. The van der Waals surface area contributed by atoms with Crippen molar-refractivity contribution in [3.05, 3.63) is 198 Å². The van der Waals surface area contributed by atoms with Gasteiger partial charge in [-0.2, -0.15) is 10.5 Å². The average molecular weight is 794 g/mol. The standard InChI is InChI=1S/C58H27N5/c1-61-47-27-32(30-59)21-23-39(47)54-46-29-45-35-12-4-3-11-34(35)38-15-9-17-42(52(38)45)55(46)56(40-24-22-33(31-60)28-48(40)62-2)58-44-25-26-51(41-16-10-18-43(53(41)44)57(54)58)63-49-19-7-5-13-36(49)37-14-6-8-20-50(37)63/h3-29H. The molecule has 12 aromatic carbocycles. The molecule has 1 heterocycles. The van der Waals surface area contributed by atoms with Crippen LogP contribution in [0.5, 0.6) is 0 Å². The van der Waals surface area contributed by atoms with Crippen molar-refractivity contribution in [1.82, 2.24) is 4.57 Å². The molecule has 0 radical (unpaired) electrons. The van der Waals surface area contributed by atoms with Gasteiger partial charge in [0.2, 0.25) is 0 Å². The second-order valence-corrected chi connectivity index (χ2v) is 16.3. The first-order valence-corrected chi connectivity index (χ1v) is 20.7. The summed E-state index contributed by atoms with van der Waals surface area (Å²) >= 11 is 0. The largest absolute Gasteiger partial charge is 0.309 e. The summed E-state index contributed by atoms with van der Waals surface area (Å²) in [4.78, 5) is 8.20. The molecule has 5 nitrogen and oxygen atoms in total. The van der Waals surface area contributed by atoms with Gasteiger partial charge in [-0.1, -0.05) is 115 Å². The molecule has 63 heavy (non-hydrogen) atoms. The number of aromatic nitrogens is 1. The lowest BCUT2D eigenvalue weighted by atomic mass is 9.83. The molecular formula is C58H27N5. The van der Waals surface area contributed by atoms with Crippen LogP contribution in [-0.2, 0) is 0 Å². The van der Waals surface area contributed by atoms with Gasteiger partial charge < -0.3 is 4.57 Å². The Morgan fingerprint density at radius 2 is 0.841 bits per heavy atom. The third-order valence-electron chi connectivity index (χ3n) is 13.3. The van der Waals surface area contributed by atoms with E-state index in [0.717, 1.165) is 114 Å². The normalized spacial score (nSPS) is 11.7. The van der Waals surface area contributed by atoms with Crippen molar-refractivity contribution in [2.24, 2.45) is 0 Å². The summed E-state index contributed by atoms with van der Waals surface area (Å²) in [7, 11) is 0. The molecule has 0 aliphatic heterocycles. The van der Waals surface area contributed by atoms with Crippen molar-refractivity contribution in [3.63, 3.8) is 0 Å². The Bertz CT molecular complexity index is 4320. The Hall–Kier alpha value is -9.26. The zero-order chi connectivity index (χ0) is 42.1.